The molecule has 1 amide bonds. The van der Waals surface area contributed by atoms with E-state index in [0.29, 0.717) is 6.54 Å². The Hall–Kier alpha value is -2.22. The number of carbonyl (C=O) groups is 1. The maximum absolute atomic E-state index is 11.9. The van der Waals surface area contributed by atoms with E-state index in [-0.39, 0.29) is 18.5 Å². The second-order valence-electron chi connectivity index (χ2n) is 5.09. The van der Waals surface area contributed by atoms with Gasteiger partial charge in [0, 0.05) is 6.54 Å². The monoisotopic (exact) mass is 290 g/mol. The van der Waals surface area contributed by atoms with Crippen molar-refractivity contribution in [2.45, 2.75) is 25.4 Å². The predicted molar refractivity (Wildman–Crippen MR) is 73.1 cm³/mol. The minimum Gasteiger partial charge on any atom is -0.468 e. The van der Waals surface area contributed by atoms with Crippen LogP contribution in [0.25, 0.3) is 0 Å². The summed E-state index contributed by atoms with van der Waals surface area (Å²) in [6.45, 7) is 2.72. The second-order valence-corrected chi connectivity index (χ2v) is 5.09. The number of nitrogens with zero attached hydrogens (tertiary/aromatic N) is 5. The van der Waals surface area contributed by atoms with Gasteiger partial charge in [0.15, 0.2) is 0 Å². The largest absolute Gasteiger partial charge is 0.468 e. The van der Waals surface area contributed by atoms with Crippen LogP contribution in [-0.4, -0.2) is 50.6 Å². The van der Waals surface area contributed by atoms with Gasteiger partial charge in [0.1, 0.15) is 18.6 Å². The van der Waals surface area contributed by atoms with E-state index < -0.39 is 0 Å². The highest BCUT2D eigenvalue weighted by atomic mass is 16.3. The fourth-order valence-electron chi connectivity index (χ4n) is 2.61. The van der Waals surface area contributed by atoms with Gasteiger partial charge in [0.25, 0.3) is 0 Å². The second kappa shape index (κ2) is 6.49. The third-order valence-corrected chi connectivity index (χ3v) is 3.64. The van der Waals surface area contributed by atoms with Crippen LogP contribution in [0, 0.1) is 0 Å². The summed E-state index contributed by atoms with van der Waals surface area (Å²) < 4.78 is 6.91. The SMILES string of the molecule is O=C(Cn1cnnn1)NCC(c1ccco1)N1CCCC1. The van der Waals surface area contributed by atoms with Crippen molar-refractivity contribution in [1.82, 2.24) is 30.4 Å². The summed E-state index contributed by atoms with van der Waals surface area (Å²) in [4.78, 5) is 14.3. The highest BCUT2D eigenvalue weighted by Gasteiger charge is 2.25. The van der Waals surface area contributed by atoms with Crippen LogP contribution in [0.1, 0.15) is 24.6 Å². The van der Waals surface area contributed by atoms with Crippen molar-refractivity contribution in [3.63, 3.8) is 0 Å². The molecule has 1 fully saturated rings. The molecule has 1 unspecified atom stereocenters. The van der Waals surface area contributed by atoms with Crippen LogP contribution < -0.4 is 5.32 Å². The maximum Gasteiger partial charge on any atom is 0.241 e. The predicted octanol–water partition coefficient (Wildman–Crippen LogP) is 0.219. The molecule has 21 heavy (non-hydrogen) atoms. The van der Waals surface area contributed by atoms with Gasteiger partial charge in [0.2, 0.25) is 5.91 Å². The summed E-state index contributed by atoms with van der Waals surface area (Å²) in [5, 5.41) is 13.6. The van der Waals surface area contributed by atoms with Crippen molar-refractivity contribution in [3.8, 4) is 0 Å². The molecule has 1 N–H and O–H groups in total. The highest BCUT2D eigenvalue weighted by molar-refractivity contribution is 5.75. The van der Waals surface area contributed by atoms with E-state index in [1.165, 1.54) is 23.9 Å². The topological polar surface area (TPSA) is 89.1 Å². The molecule has 0 aliphatic carbocycles. The Morgan fingerprint density at radius 2 is 2.29 bits per heavy atom. The van der Waals surface area contributed by atoms with Gasteiger partial charge >= 0.3 is 0 Å². The summed E-state index contributed by atoms with van der Waals surface area (Å²) in [5.41, 5.74) is 0. The van der Waals surface area contributed by atoms with E-state index in [1.54, 1.807) is 6.26 Å². The molecule has 1 aliphatic heterocycles. The smallest absolute Gasteiger partial charge is 0.241 e. The van der Waals surface area contributed by atoms with E-state index in [1.807, 2.05) is 12.1 Å². The average molecular weight is 290 g/mol. The molecule has 0 saturated carbocycles. The fraction of sp³-hybridized carbons (Fsp3) is 0.538. The number of tetrazole rings is 1. The van der Waals surface area contributed by atoms with Crippen molar-refractivity contribution < 1.29 is 9.21 Å². The molecule has 1 atom stereocenters. The van der Waals surface area contributed by atoms with Crippen molar-refractivity contribution in [2.75, 3.05) is 19.6 Å². The van der Waals surface area contributed by atoms with E-state index >= 15 is 0 Å². The van der Waals surface area contributed by atoms with Gasteiger partial charge in [0.05, 0.1) is 12.3 Å². The zero-order valence-corrected chi connectivity index (χ0v) is 11.7. The molecule has 0 aromatic carbocycles. The van der Waals surface area contributed by atoms with Gasteiger partial charge in [-0.25, -0.2) is 4.68 Å². The van der Waals surface area contributed by atoms with Crippen molar-refractivity contribution >= 4 is 5.91 Å². The molecular weight excluding hydrogens is 272 g/mol. The Balaban J connectivity index is 1.58. The molecule has 0 bridgehead atoms. The number of likely N-dealkylation sites (tertiary alicyclic amines) is 1. The molecule has 1 saturated heterocycles. The Kier molecular flexibility index (Phi) is 4.25. The molecule has 0 radical (unpaired) electrons. The number of furan rings is 1. The molecule has 8 nitrogen and oxygen atoms in total. The minimum atomic E-state index is -0.113. The summed E-state index contributed by atoms with van der Waals surface area (Å²) in [7, 11) is 0. The quantitative estimate of drug-likeness (QED) is 0.818. The zero-order valence-electron chi connectivity index (χ0n) is 11.7. The number of carbonyl (C=O) groups excluding carboxylic acids is 1. The van der Waals surface area contributed by atoms with Crippen LogP contribution in [-0.2, 0) is 11.3 Å². The average Bonchev–Trinajstić information content (AvgIpc) is 3.23. The number of aromatic nitrogens is 4. The molecular formula is C13H18N6O2. The number of nitrogens with one attached hydrogen (secondary N) is 1. The fourth-order valence-corrected chi connectivity index (χ4v) is 2.61. The summed E-state index contributed by atoms with van der Waals surface area (Å²) in [5.74, 6) is 0.776. The van der Waals surface area contributed by atoms with Crippen LogP contribution >= 0.6 is 0 Å². The number of rotatable bonds is 6. The maximum atomic E-state index is 11.9. The molecule has 112 valence electrons. The lowest BCUT2D eigenvalue weighted by molar-refractivity contribution is -0.122. The van der Waals surface area contributed by atoms with Crippen molar-refractivity contribution in [2.24, 2.45) is 0 Å². The Morgan fingerprint density at radius 1 is 1.43 bits per heavy atom. The van der Waals surface area contributed by atoms with Gasteiger partial charge in [-0.1, -0.05) is 0 Å². The first-order valence-corrected chi connectivity index (χ1v) is 7.08. The van der Waals surface area contributed by atoms with Crippen LogP contribution in [0.3, 0.4) is 0 Å². The zero-order chi connectivity index (χ0) is 14.5. The molecule has 8 heteroatoms. The first-order chi connectivity index (χ1) is 10.3. The summed E-state index contributed by atoms with van der Waals surface area (Å²) >= 11 is 0. The molecule has 3 heterocycles. The number of hydrogen-bond donors (Lipinski definition) is 1. The first-order valence-electron chi connectivity index (χ1n) is 7.08. The van der Waals surface area contributed by atoms with Crippen molar-refractivity contribution in [3.05, 3.63) is 30.5 Å². The van der Waals surface area contributed by atoms with E-state index in [2.05, 4.69) is 25.7 Å². The van der Waals surface area contributed by atoms with Gasteiger partial charge in [-0.05, 0) is 48.5 Å². The Bertz CT molecular complexity index is 547. The molecule has 0 spiro atoms. The van der Waals surface area contributed by atoms with E-state index in [4.69, 9.17) is 4.42 Å². The van der Waals surface area contributed by atoms with Gasteiger partial charge in [-0.2, -0.15) is 0 Å². The third-order valence-electron chi connectivity index (χ3n) is 3.64. The van der Waals surface area contributed by atoms with Gasteiger partial charge in [-0.3, -0.25) is 9.69 Å². The minimum absolute atomic E-state index is 0.0836. The normalized spacial score (nSPS) is 17.0. The third kappa shape index (κ3) is 3.46. The molecule has 3 rings (SSSR count). The molecule has 1 aliphatic rings. The summed E-state index contributed by atoms with van der Waals surface area (Å²) in [6, 6.07) is 3.91. The van der Waals surface area contributed by atoms with Crippen molar-refractivity contribution in [1.29, 1.82) is 0 Å². The van der Waals surface area contributed by atoms with Crippen LogP contribution in [0.2, 0.25) is 0 Å². The summed E-state index contributed by atoms with van der Waals surface area (Å²) in [6.07, 6.45) is 5.47. The van der Waals surface area contributed by atoms with Crippen LogP contribution in [0.4, 0.5) is 0 Å². The highest BCUT2D eigenvalue weighted by Crippen LogP contribution is 2.24. The number of amides is 1. The lowest BCUT2D eigenvalue weighted by Gasteiger charge is -2.25. The Labute approximate surface area is 122 Å². The van der Waals surface area contributed by atoms with Gasteiger partial charge < -0.3 is 9.73 Å². The van der Waals surface area contributed by atoms with E-state index in [9.17, 15) is 4.79 Å². The molecule has 2 aromatic heterocycles. The first kappa shape index (κ1) is 13.7. The molecule has 2 aromatic rings. The Morgan fingerprint density at radius 3 is 2.95 bits per heavy atom. The van der Waals surface area contributed by atoms with E-state index in [0.717, 1.165) is 18.8 Å². The van der Waals surface area contributed by atoms with Gasteiger partial charge in [-0.15, -0.1) is 5.10 Å². The van der Waals surface area contributed by atoms with Crippen LogP contribution in [0.15, 0.2) is 29.1 Å². The van der Waals surface area contributed by atoms with Crippen LogP contribution in [0.5, 0.6) is 0 Å². The number of hydrogen-bond acceptors (Lipinski definition) is 6. The lowest BCUT2D eigenvalue weighted by atomic mass is 10.2. The lowest BCUT2D eigenvalue weighted by Crippen LogP contribution is -2.38. The standard InChI is InChI=1S/C13H18N6O2/c20-13(9-19-10-15-16-17-19)14-8-11(12-4-3-7-21-12)18-5-1-2-6-18/h3-4,7,10-11H,1-2,5-6,8-9H2,(H,14,20).